The van der Waals surface area contributed by atoms with Gasteiger partial charge < -0.3 is 14.8 Å². The van der Waals surface area contributed by atoms with Crippen LogP contribution in [0.1, 0.15) is 54.1 Å². The summed E-state index contributed by atoms with van der Waals surface area (Å²) in [5.41, 5.74) is 4.17. The number of aryl methyl sites for hydroxylation is 1. The lowest BCUT2D eigenvalue weighted by Crippen LogP contribution is -2.40. The van der Waals surface area contributed by atoms with Crippen molar-refractivity contribution >= 4 is 5.91 Å². The predicted molar refractivity (Wildman–Crippen MR) is 109 cm³/mol. The third-order valence-electron chi connectivity index (χ3n) is 4.87. The highest BCUT2D eigenvalue weighted by atomic mass is 16.1. The van der Waals surface area contributed by atoms with Crippen LogP contribution in [0.3, 0.4) is 0 Å². The molecule has 4 heteroatoms. The predicted octanol–water partition coefficient (Wildman–Crippen LogP) is 4.03. The van der Waals surface area contributed by atoms with E-state index in [-0.39, 0.29) is 17.4 Å². The van der Waals surface area contributed by atoms with Gasteiger partial charge in [0, 0.05) is 24.5 Å². The summed E-state index contributed by atoms with van der Waals surface area (Å²) in [4.78, 5) is 14.9. The third-order valence-corrected chi connectivity index (χ3v) is 4.87. The Labute approximate surface area is 158 Å². The second kappa shape index (κ2) is 8.09. The van der Waals surface area contributed by atoms with Crippen LogP contribution in [0.5, 0.6) is 0 Å². The Morgan fingerprint density at radius 2 is 1.81 bits per heavy atom. The normalized spacial score (nSPS) is 13.1. The summed E-state index contributed by atoms with van der Waals surface area (Å²) in [6, 6.07) is 12.6. The van der Waals surface area contributed by atoms with Gasteiger partial charge in [0.25, 0.3) is 5.91 Å². The van der Waals surface area contributed by atoms with Crippen molar-refractivity contribution in [2.75, 3.05) is 27.2 Å². The lowest BCUT2D eigenvalue weighted by Gasteiger charge is -2.28. The first kappa shape index (κ1) is 20.2. The van der Waals surface area contributed by atoms with Crippen molar-refractivity contribution in [3.05, 3.63) is 58.9 Å². The molecule has 0 aliphatic carbocycles. The second-order valence-electron chi connectivity index (χ2n) is 8.33. The molecular formula is C22H33N3O. The van der Waals surface area contributed by atoms with E-state index in [4.69, 9.17) is 0 Å². The van der Waals surface area contributed by atoms with Gasteiger partial charge in [0.15, 0.2) is 0 Å². The monoisotopic (exact) mass is 355 g/mol. The molecule has 0 bridgehead atoms. The average Bonchev–Trinajstić information content (AvgIpc) is 2.86. The van der Waals surface area contributed by atoms with Crippen LogP contribution in [0.2, 0.25) is 0 Å². The Hall–Kier alpha value is -2.07. The molecule has 26 heavy (non-hydrogen) atoms. The highest BCUT2D eigenvalue weighted by Crippen LogP contribution is 2.25. The largest absolute Gasteiger partial charge is 0.351 e. The number of nitrogens with zero attached hydrogens (tertiary/aromatic N) is 2. The van der Waals surface area contributed by atoms with Gasteiger partial charge in [0.05, 0.1) is 11.6 Å². The number of rotatable bonds is 7. The number of benzene rings is 1. The Morgan fingerprint density at radius 1 is 1.19 bits per heavy atom. The number of hydrogen-bond acceptors (Lipinski definition) is 2. The summed E-state index contributed by atoms with van der Waals surface area (Å²) < 4.78 is 2.25. The van der Waals surface area contributed by atoms with Crippen molar-refractivity contribution in [3.63, 3.8) is 0 Å². The van der Waals surface area contributed by atoms with E-state index in [1.165, 1.54) is 5.56 Å². The van der Waals surface area contributed by atoms with E-state index < -0.39 is 0 Å². The number of hydrogen-bond donors (Lipinski definition) is 1. The zero-order chi connectivity index (χ0) is 19.5. The zero-order valence-electron chi connectivity index (χ0n) is 17.3. The van der Waals surface area contributed by atoms with E-state index in [1.807, 2.05) is 19.1 Å². The molecule has 1 unspecified atom stereocenters. The number of carbonyl (C=O) groups excluding carboxylic acids is 1. The summed E-state index contributed by atoms with van der Waals surface area (Å²) in [7, 11) is 4.12. The first-order chi connectivity index (χ1) is 12.1. The molecule has 1 heterocycles. The highest BCUT2D eigenvalue weighted by Gasteiger charge is 2.23. The van der Waals surface area contributed by atoms with Crippen LogP contribution in [0.25, 0.3) is 0 Å². The van der Waals surface area contributed by atoms with Crippen LogP contribution >= 0.6 is 0 Å². The molecule has 0 saturated carbocycles. The minimum atomic E-state index is 0.0106. The Bertz CT molecular complexity index is 744. The maximum Gasteiger partial charge on any atom is 0.253 e. The van der Waals surface area contributed by atoms with E-state index in [9.17, 15) is 4.79 Å². The number of aromatic nitrogens is 1. The first-order valence-corrected chi connectivity index (χ1v) is 9.28. The van der Waals surface area contributed by atoms with Crippen molar-refractivity contribution in [1.82, 2.24) is 14.8 Å². The number of amides is 1. The van der Waals surface area contributed by atoms with E-state index in [2.05, 4.69) is 80.8 Å². The van der Waals surface area contributed by atoms with Gasteiger partial charge in [-0.25, -0.2) is 0 Å². The summed E-state index contributed by atoms with van der Waals surface area (Å²) in [6.45, 7) is 12.2. The fourth-order valence-electron chi connectivity index (χ4n) is 3.81. The van der Waals surface area contributed by atoms with E-state index in [1.54, 1.807) is 0 Å². The molecule has 4 nitrogen and oxygen atoms in total. The standard InChI is InChI=1S/C22H33N3O/c1-16-13-20(21(26)23-14-22(4,5)15-24(6)7)18(3)25(16)17(2)19-11-9-8-10-12-19/h8-13,17H,14-15H2,1-7H3,(H,23,26). The van der Waals surface area contributed by atoms with Crippen molar-refractivity contribution in [3.8, 4) is 0 Å². The average molecular weight is 356 g/mol. The molecule has 2 rings (SSSR count). The van der Waals surface area contributed by atoms with Crippen LogP contribution in [0.15, 0.2) is 36.4 Å². The second-order valence-corrected chi connectivity index (χ2v) is 8.33. The van der Waals surface area contributed by atoms with Crippen molar-refractivity contribution in [2.45, 2.75) is 40.7 Å². The molecule has 0 fully saturated rings. The Balaban J connectivity index is 2.18. The van der Waals surface area contributed by atoms with Gasteiger partial charge in [-0.3, -0.25) is 4.79 Å². The minimum Gasteiger partial charge on any atom is -0.351 e. The van der Waals surface area contributed by atoms with Gasteiger partial charge >= 0.3 is 0 Å². The Morgan fingerprint density at radius 3 is 2.38 bits per heavy atom. The van der Waals surface area contributed by atoms with Gasteiger partial charge in [0.2, 0.25) is 0 Å². The van der Waals surface area contributed by atoms with Crippen LogP contribution in [-0.2, 0) is 0 Å². The summed E-state index contributed by atoms with van der Waals surface area (Å²) in [5, 5.41) is 3.13. The molecule has 1 aromatic heterocycles. The summed E-state index contributed by atoms with van der Waals surface area (Å²) >= 11 is 0. The highest BCUT2D eigenvalue weighted by molar-refractivity contribution is 5.95. The molecule has 1 N–H and O–H groups in total. The number of carbonyl (C=O) groups is 1. The summed E-state index contributed by atoms with van der Waals surface area (Å²) in [6.07, 6.45) is 0. The van der Waals surface area contributed by atoms with Crippen LogP contribution in [0.4, 0.5) is 0 Å². The van der Waals surface area contributed by atoms with Crippen LogP contribution in [-0.4, -0.2) is 42.6 Å². The molecule has 0 aliphatic heterocycles. The van der Waals surface area contributed by atoms with Crippen LogP contribution < -0.4 is 5.32 Å². The third kappa shape index (κ3) is 4.76. The lowest BCUT2D eigenvalue weighted by molar-refractivity contribution is 0.0928. The molecule has 0 spiro atoms. The first-order valence-electron chi connectivity index (χ1n) is 9.28. The fourth-order valence-corrected chi connectivity index (χ4v) is 3.81. The van der Waals surface area contributed by atoms with Crippen molar-refractivity contribution < 1.29 is 4.79 Å². The van der Waals surface area contributed by atoms with E-state index >= 15 is 0 Å². The molecule has 2 aromatic rings. The molecule has 1 aromatic carbocycles. The molecule has 1 atom stereocenters. The molecule has 142 valence electrons. The maximum absolute atomic E-state index is 12.8. The zero-order valence-corrected chi connectivity index (χ0v) is 17.3. The van der Waals surface area contributed by atoms with Gasteiger partial charge in [-0.05, 0) is 51.9 Å². The van der Waals surface area contributed by atoms with E-state index in [0.29, 0.717) is 6.54 Å². The molecule has 0 radical (unpaired) electrons. The van der Waals surface area contributed by atoms with Gasteiger partial charge in [-0.1, -0.05) is 44.2 Å². The molecule has 0 aliphatic rings. The molecule has 0 saturated heterocycles. The molecule has 1 amide bonds. The Kier molecular flexibility index (Phi) is 6.30. The van der Waals surface area contributed by atoms with Gasteiger partial charge in [0.1, 0.15) is 0 Å². The smallest absolute Gasteiger partial charge is 0.253 e. The van der Waals surface area contributed by atoms with Gasteiger partial charge in [-0.2, -0.15) is 0 Å². The SMILES string of the molecule is Cc1cc(C(=O)NCC(C)(C)CN(C)C)c(C)n1C(C)c1ccccc1. The van der Waals surface area contributed by atoms with Crippen molar-refractivity contribution in [1.29, 1.82) is 0 Å². The summed E-state index contributed by atoms with van der Waals surface area (Å²) in [5.74, 6) is 0.0106. The molecular weight excluding hydrogens is 322 g/mol. The van der Waals surface area contributed by atoms with Crippen LogP contribution in [0, 0.1) is 19.3 Å². The minimum absolute atomic E-state index is 0.0106. The van der Waals surface area contributed by atoms with Gasteiger partial charge in [-0.15, -0.1) is 0 Å². The van der Waals surface area contributed by atoms with E-state index in [0.717, 1.165) is 23.5 Å². The maximum atomic E-state index is 12.8. The number of nitrogens with one attached hydrogen (secondary N) is 1. The quantitative estimate of drug-likeness (QED) is 0.814. The topological polar surface area (TPSA) is 37.3 Å². The fraction of sp³-hybridized carbons (Fsp3) is 0.500. The lowest BCUT2D eigenvalue weighted by atomic mass is 9.93. The van der Waals surface area contributed by atoms with Crippen molar-refractivity contribution in [2.24, 2.45) is 5.41 Å².